The SMILES string of the molecule is C[Se]c1ccccc1CC#N. The third-order valence-electron chi connectivity index (χ3n) is 1.46. The van der Waals surface area contributed by atoms with Crippen molar-refractivity contribution in [3.8, 4) is 6.07 Å². The normalized spacial score (nSPS) is 9.09. The van der Waals surface area contributed by atoms with E-state index in [1.807, 2.05) is 18.2 Å². The van der Waals surface area contributed by atoms with Crippen LogP contribution in [0.3, 0.4) is 0 Å². The molecule has 2 heteroatoms. The summed E-state index contributed by atoms with van der Waals surface area (Å²) in [4.78, 5) is 0. The van der Waals surface area contributed by atoms with E-state index in [0.29, 0.717) is 21.4 Å². The van der Waals surface area contributed by atoms with Gasteiger partial charge in [-0.3, -0.25) is 0 Å². The van der Waals surface area contributed by atoms with Crippen LogP contribution in [0.25, 0.3) is 0 Å². The van der Waals surface area contributed by atoms with Gasteiger partial charge in [0.05, 0.1) is 0 Å². The number of hydrogen-bond acceptors (Lipinski definition) is 1. The first-order chi connectivity index (χ1) is 5.38. The molecule has 1 nitrogen and oxygen atoms in total. The van der Waals surface area contributed by atoms with Gasteiger partial charge in [-0.1, -0.05) is 0 Å². The molecule has 0 amide bonds. The standard InChI is InChI=1S/C9H9NSe/c1-11-9-5-3-2-4-8(9)6-7-10/h2-5H,6H2,1H3. The number of nitrogens with zero attached hydrogens (tertiary/aromatic N) is 1. The molecule has 56 valence electrons. The van der Waals surface area contributed by atoms with E-state index in [4.69, 9.17) is 5.26 Å². The van der Waals surface area contributed by atoms with Gasteiger partial charge in [-0.25, -0.2) is 0 Å². The van der Waals surface area contributed by atoms with Gasteiger partial charge in [-0.2, -0.15) is 0 Å². The maximum atomic E-state index is 8.50. The molecule has 0 aliphatic rings. The average molecular weight is 210 g/mol. The molecule has 0 N–H and O–H groups in total. The van der Waals surface area contributed by atoms with Crippen molar-refractivity contribution in [3.63, 3.8) is 0 Å². The monoisotopic (exact) mass is 211 g/mol. The fourth-order valence-corrected chi connectivity index (χ4v) is 2.23. The molecule has 0 aliphatic carbocycles. The van der Waals surface area contributed by atoms with Crippen LogP contribution < -0.4 is 4.46 Å². The molecule has 0 heterocycles. The third kappa shape index (κ3) is 2.08. The van der Waals surface area contributed by atoms with Crippen molar-refractivity contribution < 1.29 is 0 Å². The number of rotatable bonds is 2. The molecule has 0 saturated heterocycles. The fraction of sp³-hybridized carbons (Fsp3) is 0.222. The summed E-state index contributed by atoms with van der Waals surface area (Å²) in [5.41, 5.74) is 1.19. The molecule has 0 radical (unpaired) electrons. The maximum absolute atomic E-state index is 8.50. The Kier molecular flexibility index (Phi) is 3.16. The van der Waals surface area contributed by atoms with Gasteiger partial charge >= 0.3 is 72.8 Å². The Bertz CT molecular complexity index is 275. The van der Waals surface area contributed by atoms with E-state index in [0.717, 1.165) is 0 Å². The van der Waals surface area contributed by atoms with Crippen LogP contribution in [-0.2, 0) is 6.42 Å². The first-order valence-corrected chi connectivity index (χ1v) is 5.94. The molecule has 11 heavy (non-hydrogen) atoms. The van der Waals surface area contributed by atoms with E-state index >= 15 is 0 Å². The first kappa shape index (κ1) is 8.33. The van der Waals surface area contributed by atoms with Crippen LogP contribution >= 0.6 is 0 Å². The molecule has 0 fully saturated rings. The van der Waals surface area contributed by atoms with Crippen molar-refractivity contribution in [1.82, 2.24) is 0 Å². The van der Waals surface area contributed by atoms with Gasteiger partial charge in [-0.05, 0) is 0 Å². The summed E-state index contributed by atoms with van der Waals surface area (Å²) >= 11 is 0.507. The Morgan fingerprint density at radius 2 is 2.18 bits per heavy atom. The Balaban J connectivity index is 2.94. The van der Waals surface area contributed by atoms with Crippen LogP contribution in [0.15, 0.2) is 24.3 Å². The Hall–Kier alpha value is -0.771. The van der Waals surface area contributed by atoms with Crippen LogP contribution in [0.5, 0.6) is 0 Å². The van der Waals surface area contributed by atoms with Crippen molar-refractivity contribution in [3.05, 3.63) is 29.8 Å². The van der Waals surface area contributed by atoms with Crippen molar-refractivity contribution >= 4 is 19.4 Å². The van der Waals surface area contributed by atoms with Crippen LogP contribution in [-0.4, -0.2) is 15.0 Å². The van der Waals surface area contributed by atoms with E-state index in [1.54, 1.807) is 0 Å². The van der Waals surface area contributed by atoms with E-state index in [1.165, 1.54) is 10.0 Å². The van der Waals surface area contributed by atoms with Gasteiger partial charge in [0.15, 0.2) is 0 Å². The van der Waals surface area contributed by atoms with Gasteiger partial charge in [0.2, 0.25) is 0 Å². The zero-order valence-electron chi connectivity index (χ0n) is 6.37. The van der Waals surface area contributed by atoms with Crippen molar-refractivity contribution in [2.75, 3.05) is 0 Å². The topological polar surface area (TPSA) is 23.8 Å². The van der Waals surface area contributed by atoms with Gasteiger partial charge in [0, 0.05) is 0 Å². The van der Waals surface area contributed by atoms with Gasteiger partial charge in [0.1, 0.15) is 0 Å². The second-order valence-electron chi connectivity index (χ2n) is 2.15. The molecule has 0 aliphatic heterocycles. The summed E-state index contributed by atoms with van der Waals surface area (Å²) in [5.74, 6) is 2.17. The van der Waals surface area contributed by atoms with Crippen LogP contribution in [0, 0.1) is 11.3 Å². The van der Waals surface area contributed by atoms with Crippen molar-refractivity contribution in [2.24, 2.45) is 0 Å². The molecular formula is C9H9NSe. The predicted octanol–water partition coefficient (Wildman–Crippen LogP) is 1.13. The summed E-state index contributed by atoms with van der Waals surface area (Å²) in [6.45, 7) is 0. The number of benzene rings is 1. The van der Waals surface area contributed by atoms with Crippen LogP contribution in [0.4, 0.5) is 0 Å². The number of hydrogen-bond donors (Lipinski definition) is 0. The fourth-order valence-electron chi connectivity index (χ4n) is 0.934. The second kappa shape index (κ2) is 4.18. The minimum absolute atomic E-state index is 0.507. The number of nitriles is 1. The summed E-state index contributed by atoms with van der Waals surface area (Å²) < 4.78 is 1.35. The van der Waals surface area contributed by atoms with Crippen molar-refractivity contribution in [2.45, 2.75) is 12.2 Å². The Labute approximate surface area is 73.2 Å². The quantitative estimate of drug-likeness (QED) is 0.671. The zero-order chi connectivity index (χ0) is 8.10. The van der Waals surface area contributed by atoms with Crippen LogP contribution in [0.2, 0.25) is 5.82 Å². The molecule has 0 saturated carbocycles. The molecule has 0 bridgehead atoms. The van der Waals surface area contributed by atoms with E-state index in [2.05, 4.69) is 18.0 Å². The second-order valence-corrected chi connectivity index (χ2v) is 3.93. The Morgan fingerprint density at radius 3 is 2.82 bits per heavy atom. The van der Waals surface area contributed by atoms with Gasteiger partial charge < -0.3 is 0 Å². The third-order valence-corrected chi connectivity index (χ3v) is 3.22. The summed E-state index contributed by atoms with van der Waals surface area (Å²) in [5, 5.41) is 8.50. The molecule has 1 aromatic rings. The van der Waals surface area contributed by atoms with E-state index in [-0.39, 0.29) is 0 Å². The van der Waals surface area contributed by atoms with Gasteiger partial charge in [-0.15, -0.1) is 0 Å². The molecule has 0 spiro atoms. The predicted molar refractivity (Wildman–Crippen MR) is 47.0 cm³/mol. The van der Waals surface area contributed by atoms with Crippen molar-refractivity contribution in [1.29, 1.82) is 5.26 Å². The molecule has 0 aromatic heterocycles. The molecular weight excluding hydrogens is 201 g/mol. The van der Waals surface area contributed by atoms with E-state index < -0.39 is 0 Å². The Morgan fingerprint density at radius 1 is 1.45 bits per heavy atom. The summed E-state index contributed by atoms with van der Waals surface area (Å²) in [6.07, 6.45) is 0.547. The first-order valence-electron chi connectivity index (χ1n) is 3.37. The molecule has 1 aromatic carbocycles. The summed E-state index contributed by atoms with van der Waals surface area (Å²) in [7, 11) is 0. The van der Waals surface area contributed by atoms with Crippen LogP contribution in [0.1, 0.15) is 5.56 Å². The molecule has 0 atom stereocenters. The average Bonchev–Trinajstić information content (AvgIpc) is 2.06. The van der Waals surface area contributed by atoms with Gasteiger partial charge in [0.25, 0.3) is 0 Å². The molecule has 0 unspecified atom stereocenters. The molecule has 1 rings (SSSR count). The zero-order valence-corrected chi connectivity index (χ0v) is 8.09. The van der Waals surface area contributed by atoms with E-state index in [9.17, 15) is 0 Å². The summed E-state index contributed by atoms with van der Waals surface area (Å²) in [6, 6.07) is 10.3. The minimum atomic E-state index is 0.507.